The van der Waals surface area contributed by atoms with Gasteiger partial charge in [0.15, 0.2) is 11.5 Å². The topological polar surface area (TPSA) is 94.2 Å². The molecule has 0 saturated carbocycles. The minimum Gasteiger partial charge on any atom is -0.494 e. The van der Waals surface area contributed by atoms with Crippen LogP contribution in [0.3, 0.4) is 0 Å². The fourth-order valence-corrected chi connectivity index (χ4v) is 4.28. The molecule has 9 heteroatoms. The summed E-state index contributed by atoms with van der Waals surface area (Å²) in [4.78, 5) is 39.7. The van der Waals surface area contributed by atoms with Gasteiger partial charge in [-0.25, -0.2) is 9.69 Å². The van der Waals surface area contributed by atoms with Gasteiger partial charge in [-0.3, -0.25) is 14.9 Å². The fourth-order valence-electron chi connectivity index (χ4n) is 4.15. The molecule has 0 spiro atoms. The first-order valence-corrected chi connectivity index (χ1v) is 13.1. The summed E-state index contributed by atoms with van der Waals surface area (Å²) in [6.07, 6.45) is 3.61. The highest BCUT2D eigenvalue weighted by Crippen LogP contribution is 2.36. The second-order valence-corrected chi connectivity index (χ2v) is 9.17. The number of anilines is 1. The number of imide groups is 2. The van der Waals surface area contributed by atoms with Crippen molar-refractivity contribution in [1.82, 2.24) is 5.32 Å². The van der Waals surface area contributed by atoms with E-state index in [0.717, 1.165) is 16.0 Å². The number of ether oxygens (including phenoxy) is 3. The Balaban J connectivity index is 1.68. The zero-order chi connectivity index (χ0) is 28.6. The number of nitrogens with zero attached hydrogens (tertiary/aromatic N) is 1. The van der Waals surface area contributed by atoms with Gasteiger partial charge >= 0.3 is 6.03 Å². The summed E-state index contributed by atoms with van der Waals surface area (Å²) in [5, 5.41) is 2.88. The Morgan fingerprint density at radius 2 is 1.62 bits per heavy atom. The van der Waals surface area contributed by atoms with Gasteiger partial charge in [-0.2, -0.15) is 0 Å². The van der Waals surface area contributed by atoms with Crippen molar-refractivity contribution in [3.63, 3.8) is 0 Å². The van der Waals surface area contributed by atoms with E-state index in [-0.39, 0.29) is 12.2 Å². The lowest BCUT2D eigenvalue weighted by molar-refractivity contribution is -0.122. The van der Waals surface area contributed by atoms with E-state index in [9.17, 15) is 14.4 Å². The average Bonchev–Trinajstić information content (AvgIpc) is 2.93. The van der Waals surface area contributed by atoms with Crippen molar-refractivity contribution < 1.29 is 28.6 Å². The number of halogens is 1. The minimum absolute atomic E-state index is 0.199. The molecule has 4 rings (SSSR count). The molecule has 0 aliphatic carbocycles. The van der Waals surface area contributed by atoms with Crippen LogP contribution in [0.1, 0.15) is 30.5 Å². The first-order chi connectivity index (χ1) is 19.3. The second-order valence-electron chi connectivity index (χ2n) is 8.73. The molecule has 1 heterocycles. The van der Waals surface area contributed by atoms with Gasteiger partial charge in [-0.05, 0) is 86.0 Å². The van der Waals surface area contributed by atoms with Crippen LogP contribution in [0.2, 0.25) is 5.02 Å². The summed E-state index contributed by atoms with van der Waals surface area (Å²) < 4.78 is 17.5. The summed E-state index contributed by atoms with van der Waals surface area (Å²) in [6, 6.07) is 16.5. The number of rotatable bonds is 11. The first kappa shape index (κ1) is 28.4. The average molecular weight is 561 g/mol. The molecule has 1 aliphatic heterocycles. The van der Waals surface area contributed by atoms with Crippen molar-refractivity contribution in [2.45, 2.75) is 26.9 Å². The summed E-state index contributed by atoms with van der Waals surface area (Å²) in [6.45, 7) is 8.67. The number of allylic oxidation sites excluding steroid dienone is 1. The van der Waals surface area contributed by atoms with E-state index in [4.69, 9.17) is 25.8 Å². The third-order valence-corrected chi connectivity index (χ3v) is 6.19. The van der Waals surface area contributed by atoms with E-state index in [0.29, 0.717) is 53.2 Å². The number of carbonyl (C=O) groups is 3. The van der Waals surface area contributed by atoms with Crippen molar-refractivity contribution in [1.29, 1.82) is 0 Å². The van der Waals surface area contributed by atoms with Gasteiger partial charge in [0.05, 0.1) is 18.9 Å². The number of benzene rings is 3. The maximum atomic E-state index is 13.4. The minimum atomic E-state index is -0.829. The lowest BCUT2D eigenvalue weighted by atomic mass is 10.0. The van der Waals surface area contributed by atoms with Gasteiger partial charge in [0.1, 0.15) is 17.9 Å². The summed E-state index contributed by atoms with van der Waals surface area (Å²) in [5.74, 6) is 0.0439. The summed E-state index contributed by atoms with van der Waals surface area (Å²) in [5.41, 5.74) is 2.31. The quantitative estimate of drug-likeness (QED) is 0.173. The van der Waals surface area contributed by atoms with Crippen LogP contribution in [0, 0.1) is 0 Å². The molecule has 1 N–H and O–H groups in total. The van der Waals surface area contributed by atoms with Gasteiger partial charge in [0.25, 0.3) is 11.8 Å². The highest BCUT2D eigenvalue weighted by atomic mass is 35.5. The van der Waals surface area contributed by atoms with Gasteiger partial charge in [-0.15, -0.1) is 6.58 Å². The molecular weight excluding hydrogens is 532 g/mol. The standard InChI is InChI=1S/C31H29ClN2O6/c1-4-7-22-16-21(18-27(39-6-3)28(22)40-19-20-8-10-23(32)11-9-20)17-26-29(35)33-31(37)34(30(26)36)24-12-14-25(15-13-24)38-5-2/h4,8-18H,1,5-7,19H2,2-3H3,(H,33,35,37). The second kappa shape index (κ2) is 13.0. The predicted molar refractivity (Wildman–Crippen MR) is 154 cm³/mol. The number of carbonyl (C=O) groups excluding carboxylic acids is 3. The lowest BCUT2D eigenvalue weighted by Gasteiger charge is -2.26. The fraction of sp³-hybridized carbons (Fsp3) is 0.194. The molecule has 40 heavy (non-hydrogen) atoms. The highest BCUT2D eigenvalue weighted by molar-refractivity contribution is 6.39. The highest BCUT2D eigenvalue weighted by Gasteiger charge is 2.37. The van der Waals surface area contributed by atoms with Gasteiger partial charge in [0.2, 0.25) is 0 Å². The molecule has 0 atom stereocenters. The molecule has 1 aliphatic rings. The number of hydrogen-bond acceptors (Lipinski definition) is 6. The normalized spacial score (nSPS) is 14.2. The SMILES string of the molecule is C=CCc1cc(C=C2C(=O)NC(=O)N(c3ccc(OCC)cc3)C2=O)cc(OCC)c1OCc1ccc(Cl)cc1. The molecule has 206 valence electrons. The number of hydrogen-bond donors (Lipinski definition) is 1. The molecule has 3 aromatic carbocycles. The summed E-state index contributed by atoms with van der Waals surface area (Å²) >= 11 is 5.99. The number of barbiturate groups is 1. The Kier molecular flexibility index (Phi) is 9.24. The Morgan fingerprint density at radius 1 is 0.925 bits per heavy atom. The van der Waals surface area contributed by atoms with E-state index in [1.54, 1.807) is 54.6 Å². The van der Waals surface area contributed by atoms with E-state index in [1.807, 2.05) is 26.0 Å². The lowest BCUT2D eigenvalue weighted by Crippen LogP contribution is -2.54. The Bertz CT molecular complexity index is 1450. The van der Waals surface area contributed by atoms with Crippen molar-refractivity contribution in [3.8, 4) is 17.2 Å². The number of urea groups is 1. The van der Waals surface area contributed by atoms with Crippen molar-refractivity contribution in [2.75, 3.05) is 18.1 Å². The van der Waals surface area contributed by atoms with Crippen LogP contribution in [0.5, 0.6) is 17.2 Å². The van der Waals surface area contributed by atoms with Crippen LogP contribution < -0.4 is 24.4 Å². The Hall–Kier alpha value is -4.56. The van der Waals surface area contributed by atoms with Crippen LogP contribution in [-0.4, -0.2) is 31.1 Å². The molecular formula is C31H29ClN2O6. The van der Waals surface area contributed by atoms with Crippen LogP contribution in [0.4, 0.5) is 10.5 Å². The van der Waals surface area contributed by atoms with Gasteiger partial charge in [-0.1, -0.05) is 29.8 Å². The molecule has 1 saturated heterocycles. The zero-order valence-corrected chi connectivity index (χ0v) is 23.0. The van der Waals surface area contributed by atoms with Crippen LogP contribution >= 0.6 is 11.6 Å². The third-order valence-electron chi connectivity index (χ3n) is 5.93. The number of nitrogens with one attached hydrogen (secondary N) is 1. The van der Waals surface area contributed by atoms with E-state index >= 15 is 0 Å². The van der Waals surface area contributed by atoms with E-state index < -0.39 is 17.8 Å². The maximum Gasteiger partial charge on any atom is 0.335 e. The molecule has 8 nitrogen and oxygen atoms in total. The van der Waals surface area contributed by atoms with Crippen molar-refractivity contribution in [3.05, 3.63) is 101 Å². The van der Waals surface area contributed by atoms with Crippen molar-refractivity contribution >= 4 is 41.2 Å². The van der Waals surface area contributed by atoms with Crippen LogP contribution in [0.15, 0.2) is 78.9 Å². The Labute approximate surface area is 237 Å². The molecule has 0 aromatic heterocycles. The molecule has 4 amide bonds. The zero-order valence-electron chi connectivity index (χ0n) is 22.2. The van der Waals surface area contributed by atoms with E-state index in [2.05, 4.69) is 11.9 Å². The molecule has 0 unspecified atom stereocenters. The first-order valence-electron chi connectivity index (χ1n) is 12.8. The third kappa shape index (κ3) is 6.52. The molecule has 0 radical (unpaired) electrons. The van der Waals surface area contributed by atoms with Crippen molar-refractivity contribution in [2.24, 2.45) is 0 Å². The van der Waals surface area contributed by atoms with Gasteiger partial charge < -0.3 is 14.2 Å². The van der Waals surface area contributed by atoms with E-state index in [1.165, 1.54) is 6.08 Å². The monoisotopic (exact) mass is 560 g/mol. The van der Waals surface area contributed by atoms with Crippen LogP contribution in [0.25, 0.3) is 6.08 Å². The smallest absolute Gasteiger partial charge is 0.335 e. The van der Waals surface area contributed by atoms with Gasteiger partial charge in [0, 0.05) is 10.6 Å². The maximum absolute atomic E-state index is 13.4. The molecule has 1 fully saturated rings. The largest absolute Gasteiger partial charge is 0.494 e. The predicted octanol–water partition coefficient (Wildman–Crippen LogP) is 6.11. The summed E-state index contributed by atoms with van der Waals surface area (Å²) in [7, 11) is 0. The van der Waals surface area contributed by atoms with Crippen LogP contribution in [-0.2, 0) is 22.6 Å². The molecule has 3 aromatic rings. The Morgan fingerprint density at radius 3 is 2.27 bits per heavy atom. The molecule has 0 bridgehead atoms. The number of amides is 4.